The predicted molar refractivity (Wildman–Crippen MR) is 124 cm³/mol. The van der Waals surface area contributed by atoms with Gasteiger partial charge < -0.3 is 37.0 Å². The lowest BCUT2D eigenvalue weighted by molar-refractivity contribution is -0.142. The highest BCUT2D eigenvalue weighted by Gasteiger charge is 2.26. The quantitative estimate of drug-likeness (QED) is 0.158. The Labute approximate surface area is 200 Å². The van der Waals surface area contributed by atoms with Crippen LogP contribution in [0.5, 0.6) is 5.75 Å². The minimum absolute atomic E-state index is 0.00338. The molecule has 8 N–H and O–H groups in total. The van der Waals surface area contributed by atoms with Gasteiger partial charge in [-0.2, -0.15) is 11.8 Å². The van der Waals surface area contributed by atoms with E-state index < -0.39 is 54.3 Å². The molecule has 0 fully saturated rings. The fourth-order valence-electron chi connectivity index (χ4n) is 2.79. The second-order valence-electron chi connectivity index (χ2n) is 7.43. The van der Waals surface area contributed by atoms with Crippen molar-refractivity contribution < 1.29 is 39.3 Å². The Kier molecular flexibility index (Phi) is 12.5. The molecule has 3 amide bonds. The van der Waals surface area contributed by atoms with Crippen LogP contribution in [0.2, 0.25) is 0 Å². The number of hydrogen-bond donors (Lipinski definition) is 7. The van der Waals surface area contributed by atoms with E-state index in [1.54, 1.807) is 18.4 Å². The van der Waals surface area contributed by atoms with Crippen molar-refractivity contribution in [2.45, 2.75) is 43.8 Å². The third kappa shape index (κ3) is 11.0. The van der Waals surface area contributed by atoms with E-state index in [1.165, 1.54) is 23.9 Å². The normalized spacial score (nSPS) is 13.2. The van der Waals surface area contributed by atoms with E-state index in [1.807, 2.05) is 0 Å². The summed E-state index contributed by atoms with van der Waals surface area (Å²) in [7, 11) is 0. The van der Waals surface area contributed by atoms with Crippen LogP contribution in [-0.2, 0) is 30.4 Å². The van der Waals surface area contributed by atoms with Crippen molar-refractivity contribution in [2.75, 3.05) is 18.6 Å². The van der Waals surface area contributed by atoms with Crippen LogP contribution in [0.25, 0.3) is 0 Å². The molecule has 0 radical (unpaired) electrons. The summed E-state index contributed by atoms with van der Waals surface area (Å²) in [5.74, 6) is -3.96. The summed E-state index contributed by atoms with van der Waals surface area (Å²) in [6.07, 6.45) is 1.55. The van der Waals surface area contributed by atoms with Crippen LogP contribution in [-0.4, -0.2) is 81.7 Å². The number of nitrogens with two attached hydrogens (primary N) is 1. The number of carboxylic acids is 2. The molecule has 0 bridgehead atoms. The van der Waals surface area contributed by atoms with Gasteiger partial charge in [-0.3, -0.25) is 19.2 Å². The molecule has 188 valence electrons. The van der Waals surface area contributed by atoms with E-state index in [4.69, 9.17) is 10.8 Å². The van der Waals surface area contributed by atoms with Crippen LogP contribution < -0.4 is 21.7 Å². The molecule has 1 rings (SSSR count). The third-order valence-corrected chi connectivity index (χ3v) is 5.33. The summed E-state index contributed by atoms with van der Waals surface area (Å²) >= 11 is 1.43. The average molecular weight is 499 g/mol. The van der Waals surface area contributed by atoms with E-state index >= 15 is 0 Å². The molecule has 3 unspecified atom stereocenters. The lowest BCUT2D eigenvalue weighted by atomic mass is 10.0. The first kappa shape index (κ1) is 28.7. The molecule has 0 aromatic heterocycles. The number of hydrogen-bond acceptors (Lipinski definition) is 8. The molecule has 13 heteroatoms. The minimum atomic E-state index is -1.19. The number of aliphatic carboxylic acids is 2. The van der Waals surface area contributed by atoms with Crippen molar-refractivity contribution in [3.05, 3.63) is 29.8 Å². The Bertz CT molecular complexity index is 865. The highest BCUT2D eigenvalue weighted by Crippen LogP contribution is 2.12. The third-order valence-electron chi connectivity index (χ3n) is 4.68. The van der Waals surface area contributed by atoms with Gasteiger partial charge in [0.2, 0.25) is 17.7 Å². The monoisotopic (exact) mass is 498 g/mol. The fourth-order valence-corrected chi connectivity index (χ4v) is 3.27. The van der Waals surface area contributed by atoms with Crippen LogP contribution in [0.15, 0.2) is 24.3 Å². The van der Waals surface area contributed by atoms with Gasteiger partial charge in [0.25, 0.3) is 0 Å². The van der Waals surface area contributed by atoms with Crippen LogP contribution >= 0.6 is 11.8 Å². The Morgan fingerprint density at radius 2 is 1.62 bits per heavy atom. The van der Waals surface area contributed by atoms with Crippen LogP contribution in [0, 0.1) is 0 Å². The van der Waals surface area contributed by atoms with Gasteiger partial charge in [0.1, 0.15) is 17.8 Å². The highest BCUT2D eigenvalue weighted by molar-refractivity contribution is 7.98. The summed E-state index contributed by atoms with van der Waals surface area (Å²) in [6.45, 7) is -0.519. The number of phenols is 1. The van der Waals surface area contributed by atoms with Crippen molar-refractivity contribution >= 4 is 41.4 Å². The molecule has 0 spiro atoms. The van der Waals surface area contributed by atoms with E-state index in [9.17, 15) is 34.2 Å². The van der Waals surface area contributed by atoms with Crippen molar-refractivity contribution in [2.24, 2.45) is 5.73 Å². The first-order chi connectivity index (χ1) is 16.0. The predicted octanol–water partition coefficient (Wildman–Crippen LogP) is -0.950. The maximum Gasteiger partial charge on any atom is 0.326 e. The Morgan fingerprint density at radius 1 is 0.971 bits per heavy atom. The maximum atomic E-state index is 12.7. The van der Waals surface area contributed by atoms with Crippen molar-refractivity contribution in [3.63, 3.8) is 0 Å². The molecule has 0 saturated carbocycles. The molecule has 3 atom stereocenters. The van der Waals surface area contributed by atoms with Gasteiger partial charge in [0.15, 0.2) is 0 Å². The van der Waals surface area contributed by atoms with Crippen molar-refractivity contribution in [1.29, 1.82) is 0 Å². The molecule has 0 aliphatic heterocycles. The number of rotatable bonds is 15. The number of carbonyl (C=O) groups excluding carboxylic acids is 3. The number of benzene rings is 1. The van der Waals surface area contributed by atoms with Gasteiger partial charge in [-0.15, -0.1) is 0 Å². The van der Waals surface area contributed by atoms with Crippen molar-refractivity contribution in [1.82, 2.24) is 16.0 Å². The molecule has 0 aliphatic carbocycles. The van der Waals surface area contributed by atoms with E-state index in [0.717, 1.165) is 0 Å². The minimum Gasteiger partial charge on any atom is -0.508 e. The lowest BCUT2D eigenvalue weighted by Gasteiger charge is -2.21. The summed E-state index contributed by atoms with van der Waals surface area (Å²) in [5.41, 5.74) is 6.30. The molecule has 12 nitrogen and oxygen atoms in total. The molecular formula is C21H30N4O8S. The van der Waals surface area contributed by atoms with E-state index in [2.05, 4.69) is 16.0 Å². The number of nitrogens with one attached hydrogen (secondary N) is 3. The van der Waals surface area contributed by atoms with Crippen LogP contribution in [0.3, 0.4) is 0 Å². The fraction of sp³-hybridized carbons (Fsp3) is 0.476. The number of thioether (sulfide) groups is 1. The Morgan fingerprint density at radius 3 is 2.18 bits per heavy atom. The molecule has 0 aliphatic rings. The molecule has 0 heterocycles. The van der Waals surface area contributed by atoms with Gasteiger partial charge in [-0.25, -0.2) is 4.79 Å². The highest BCUT2D eigenvalue weighted by atomic mass is 32.2. The number of aromatic hydroxyl groups is 1. The van der Waals surface area contributed by atoms with Crippen LogP contribution in [0.4, 0.5) is 0 Å². The second kappa shape index (κ2) is 14.8. The topological polar surface area (TPSA) is 208 Å². The SMILES string of the molecule is CSCCC(NC(=O)CNC(=O)C(Cc1ccc(O)cc1)NC(=O)C(N)CCC(=O)O)C(=O)O. The molecule has 0 saturated heterocycles. The first-order valence-corrected chi connectivity index (χ1v) is 11.8. The zero-order valence-electron chi connectivity index (χ0n) is 18.7. The maximum absolute atomic E-state index is 12.7. The van der Waals surface area contributed by atoms with Crippen molar-refractivity contribution in [3.8, 4) is 5.75 Å². The number of carboxylic acid groups (broad SMARTS) is 2. The zero-order valence-corrected chi connectivity index (χ0v) is 19.5. The zero-order chi connectivity index (χ0) is 25.7. The average Bonchev–Trinajstić information content (AvgIpc) is 2.79. The summed E-state index contributed by atoms with van der Waals surface area (Å²) in [6, 6.07) is 2.47. The largest absolute Gasteiger partial charge is 0.508 e. The van der Waals surface area contributed by atoms with Gasteiger partial charge in [-0.1, -0.05) is 12.1 Å². The summed E-state index contributed by atoms with van der Waals surface area (Å²) in [5, 5.41) is 34.5. The summed E-state index contributed by atoms with van der Waals surface area (Å²) < 4.78 is 0. The van der Waals surface area contributed by atoms with Gasteiger partial charge in [0, 0.05) is 12.8 Å². The van der Waals surface area contributed by atoms with E-state index in [-0.39, 0.29) is 31.4 Å². The second-order valence-corrected chi connectivity index (χ2v) is 8.41. The Balaban J connectivity index is 2.81. The molecular weight excluding hydrogens is 468 g/mol. The van der Waals surface area contributed by atoms with Crippen LogP contribution in [0.1, 0.15) is 24.8 Å². The molecule has 1 aromatic rings. The standard InChI is InChI=1S/C21H30N4O8S/c1-34-9-8-15(21(32)33)24-17(27)11-23-20(31)16(10-12-2-4-13(26)5-3-12)25-19(30)14(22)6-7-18(28)29/h2-5,14-16,26H,6-11,22H2,1H3,(H,23,31)(H,24,27)(H,25,30)(H,28,29)(H,32,33). The summed E-state index contributed by atoms with van der Waals surface area (Å²) in [4.78, 5) is 59.2. The number of amides is 3. The van der Waals surface area contributed by atoms with Gasteiger partial charge >= 0.3 is 11.9 Å². The Hall–Kier alpha value is -3.32. The van der Waals surface area contributed by atoms with Gasteiger partial charge in [0.05, 0.1) is 12.6 Å². The number of carbonyl (C=O) groups is 5. The lowest BCUT2D eigenvalue weighted by Crippen LogP contribution is -2.54. The van der Waals surface area contributed by atoms with Gasteiger partial charge in [-0.05, 0) is 42.5 Å². The smallest absolute Gasteiger partial charge is 0.326 e. The first-order valence-electron chi connectivity index (χ1n) is 10.4. The molecule has 34 heavy (non-hydrogen) atoms. The molecule has 1 aromatic carbocycles. The number of phenolic OH excluding ortho intramolecular Hbond substituents is 1. The van der Waals surface area contributed by atoms with E-state index in [0.29, 0.717) is 11.3 Å².